The summed E-state index contributed by atoms with van der Waals surface area (Å²) in [7, 11) is 0. The molecule has 2 saturated heterocycles. The summed E-state index contributed by atoms with van der Waals surface area (Å²) >= 11 is 0. The summed E-state index contributed by atoms with van der Waals surface area (Å²) in [5, 5.41) is 0.745. The molecule has 0 spiro atoms. The van der Waals surface area contributed by atoms with E-state index in [0.717, 1.165) is 30.2 Å². The molecule has 0 N–H and O–H groups in total. The number of piperazine rings is 1. The van der Waals surface area contributed by atoms with Crippen molar-refractivity contribution in [2.24, 2.45) is 0 Å². The lowest BCUT2D eigenvalue weighted by atomic mass is 10.1. The van der Waals surface area contributed by atoms with Crippen molar-refractivity contribution in [2.75, 3.05) is 49.1 Å². The predicted molar refractivity (Wildman–Crippen MR) is 114 cm³/mol. The zero-order valence-electron chi connectivity index (χ0n) is 16.7. The molecule has 1 amide bonds. The summed E-state index contributed by atoms with van der Waals surface area (Å²) in [6.07, 6.45) is 4.15. The van der Waals surface area contributed by atoms with Crippen LogP contribution in [0, 0.1) is 0 Å². The zero-order valence-corrected chi connectivity index (χ0v) is 16.7. The third kappa shape index (κ3) is 3.49. The average Bonchev–Trinajstić information content (AvgIpc) is 3.33. The summed E-state index contributed by atoms with van der Waals surface area (Å²) in [6.45, 7) is 4.35. The molecule has 30 heavy (non-hydrogen) atoms. The van der Waals surface area contributed by atoms with Crippen LogP contribution in [0.2, 0.25) is 0 Å². The molecule has 8 nitrogen and oxygen atoms in total. The number of amides is 1. The molecule has 4 heterocycles. The molecule has 0 atom stereocenters. The first-order valence-electron chi connectivity index (χ1n) is 10.3. The Kier molecular flexibility index (Phi) is 4.82. The Morgan fingerprint density at radius 2 is 1.70 bits per heavy atom. The molecule has 8 heteroatoms. The van der Waals surface area contributed by atoms with Crippen molar-refractivity contribution in [3.05, 3.63) is 58.6 Å². The molecular weight excluding hydrogens is 382 g/mol. The van der Waals surface area contributed by atoms with Crippen LogP contribution in [0.4, 0.5) is 11.8 Å². The zero-order chi connectivity index (χ0) is 20.5. The van der Waals surface area contributed by atoms with E-state index in [1.807, 2.05) is 18.2 Å². The molecular formula is C22H23N5O3. The largest absolute Gasteiger partial charge is 0.422 e. The molecule has 5 rings (SSSR count). The van der Waals surface area contributed by atoms with E-state index in [1.54, 1.807) is 29.3 Å². The highest BCUT2D eigenvalue weighted by atomic mass is 16.4. The Morgan fingerprint density at radius 3 is 2.50 bits per heavy atom. The van der Waals surface area contributed by atoms with E-state index in [4.69, 9.17) is 9.40 Å². The van der Waals surface area contributed by atoms with Gasteiger partial charge in [0, 0.05) is 50.9 Å². The topological polar surface area (TPSA) is 82.8 Å². The fourth-order valence-corrected chi connectivity index (χ4v) is 4.10. The van der Waals surface area contributed by atoms with Gasteiger partial charge in [0.05, 0.1) is 0 Å². The lowest BCUT2D eigenvalue weighted by Gasteiger charge is -2.35. The van der Waals surface area contributed by atoms with Gasteiger partial charge in [0.25, 0.3) is 5.91 Å². The van der Waals surface area contributed by atoms with E-state index in [1.165, 1.54) is 12.8 Å². The Morgan fingerprint density at radius 1 is 0.933 bits per heavy atom. The number of rotatable bonds is 3. The van der Waals surface area contributed by atoms with E-state index in [9.17, 15) is 9.59 Å². The molecule has 2 fully saturated rings. The van der Waals surface area contributed by atoms with Crippen molar-refractivity contribution in [2.45, 2.75) is 12.8 Å². The second kappa shape index (κ2) is 7.78. The van der Waals surface area contributed by atoms with Crippen molar-refractivity contribution < 1.29 is 9.21 Å². The van der Waals surface area contributed by atoms with Gasteiger partial charge >= 0.3 is 5.63 Å². The SMILES string of the molecule is O=C(c1cc2ccccc2oc1=O)N1CCN(c2ccnc(N3CCCC3)n2)CC1. The fraction of sp³-hybridized carbons (Fsp3) is 0.364. The summed E-state index contributed by atoms with van der Waals surface area (Å²) in [5.41, 5.74) is -0.0193. The van der Waals surface area contributed by atoms with E-state index in [-0.39, 0.29) is 11.5 Å². The van der Waals surface area contributed by atoms with Gasteiger partial charge in [0.1, 0.15) is 17.0 Å². The summed E-state index contributed by atoms with van der Waals surface area (Å²) in [5.74, 6) is 1.37. The van der Waals surface area contributed by atoms with E-state index >= 15 is 0 Å². The maximum absolute atomic E-state index is 13.0. The molecule has 0 bridgehead atoms. The van der Waals surface area contributed by atoms with Gasteiger partial charge in [-0.1, -0.05) is 18.2 Å². The van der Waals surface area contributed by atoms with Gasteiger partial charge in [-0.05, 0) is 31.0 Å². The van der Waals surface area contributed by atoms with Crippen LogP contribution in [0.15, 0.2) is 51.8 Å². The van der Waals surface area contributed by atoms with Gasteiger partial charge < -0.3 is 19.1 Å². The predicted octanol–water partition coefficient (Wildman–Crippen LogP) is 2.15. The Hall–Kier alpha value is -3.42. The van der Waals surface area contributed by atoms with E-state index < -0.39 is 5.63 Å². The van der Waals surface area contributed by atoms with Crippen LogP contribution < -0.4 is 15.4 Å². The third-order valence-electron chi connectivity index (χ3n) is 5.78. The van der Waals surface area contributed by atoms with Crippen molar-refractivity contribution >= 4 is 28.6 Å². The first kappa shape index (κ1) is 18.6. The highest BCUT2D eigenvalue weighted by molar-refractivity contribution is 5.96. The molecule has 0 radical (unpaired) electrons. The van der Waals surface area contributed by atoms with E-state index in [2.05, 4.69) is 14.8 Å². The van der Waals surface area contributed by atoms with Crippen molar-refractivity contribution in [3.63, 3.8) is 0 Å². The van der Waals surface area contributed by atoms with E-state index in [0.29, 0.717) is 31.8 Å². The monoisotopic (exact) mass is 405 g/mol. The first-order chi connectivity index (χ1) is 14.7. The van der Waals surface area contributed by atoms with Gasteiger partial charge in [-0.15, -0.1) is 0 Å². The van der Waals surface area contributed by atoms with Gasteiger partial charge in [-0.3, -0.25) is 4.79 Å². The van der Waals surface area contributed by atoms with Crippen LogP contribution in [0.25, 0.3) is 11.0 Å². The quantitative estimate of drug-likeness (QED) is 0.618. The van der Waals surface area contributed by atoms with Crippen LogP contribution in [0.1, 0.15) is 23.2 Å². The molecule has 1 aromatic carbocycles. The third-order valence-corrected chi connectivity index (χ3v) is 5.78. The number of carbonyl (C=O) groups is 1. The first-order valence-corrected chi connectivity index (χ1v) is 10.3. The number of nitrogens with zero attached hydrogens (tertiary/aromatic N) is 5. The number of anilines is 2. The molecule has 2 aliphatic heterocycles. The lowest BCUT2D eigenvalue weighted by molar-refractivity contribution is 0.0742. The molecule has 0 unspecified atom stereocenters. The molecule has 0 aliphatic carbocycles. The summed E-state index contributed by atoms with van der Waals surface area (Å²) in [4.78, 5) is 40.5. The van der Waals surface area contributed by atoms with Gasteiger partial charge in [-0.2, -0.15) is 4.98 Å². The number of hydrogen-bond acceptors (Lipinski definition) is 7. The fourth-order valence-electron chi connectivity index (χ4n) is 4.10. The van der Waals surface area contributed by atoms with Gasteiger partial charge in [0.2, 0.25) is 5.95 Å². The minimum absolute atomic E-state index is 0.0838. The normalized spacial score (nSPS) is 17.0. The molecule has 0 saturated carbocycles. The summed E-state index contributed by atoms with van der Waals surface area (Å²) < 4.78 is 5.32. The molecule has 2 aliphatic rings. The lowest BCUT2D eigenvalue weighted by Crippen LogP contribution is -2.49. The van der Waals surface area contributed by atoms with Crippen LogP contribution in [0.3, 0.4) is 0 Å². The number of fused-ring (bicyclic) bond motifs is 1. The maximum atomic E-state index is 13.0. The smallest absolute Gasteiger partial charge is 0.349 e. The van der Waals surface area contributed by atoms with Crippen LogP contribution >= 0.6 is 0 Å². The van der Waals surface area contributed by atoms with Gasteiger partial charge in [-0.25, -0.2) is 9.78 Å². The number of aromatic nitrogens is 2. The Balaban J connectivity index is 1.29. The van der Waals surface area contributed by atoms with Crippen LogP contribution in [0.5, 0.6) is 0 Å². The van der Waals surface area contributed by atoms with Crippen molar-refractivity contribution in [1.82, 2.24) is 14.9 Å². The minimum Gasteiger partial charge on any atom is -0.422 e. The van der Waals surface area contributed by atoms with Gasteiger partial charge in [0.15, 0.2) is 0 Å². The molecule has 2 aromatic heterocycles. The second-order valence-corrected chi connectivity index (χ2v) is 7.67. The molecule has 3 aromatic rings. The second-order valence-electron chi connectivity index (χ2n) is 7.67. The summed E-state index contributed by atoms with van der Waals surface area (Å²) in [6, 6.07) is 10.8. The highest BCUT2D eigenvalue weighted by Gasteiger charge is 2.26. The Bertz CT molecular complexity index is 1130. The Labute approximate surface area is 173 Å². The highest BCUT2D eigenvalue weighted by Crippen LogP contribution is 2.21. The van der Waals surface area contributed by atoms with Crippen molar-refractivity contribution in [3.8, 4) is 0 Å². The van der Waals surface area contributed by atoms with Crippen molar-refractivity contribution in [1.29, 1.82) is 0 Å². The average molecular weight is 405 g/mol. The number of hydrogen-bond donors (Lipinski definition) is 0. The maximum Gasteiger partial charge on any atom is 0.349 e. The van der Waals surface area contributed by atoms with Crippen LogP contribution in [-0.4, -0.2) is 60.0 Å². The number of carbonyl (C=O) groups excluding carboxylic acids is 1. The number of benzene rings is 1. The van der Waals surface area contributed by atoms with Crippen LogP contribution in [-0.2, 0) is 0 Å². The number of para-hydroxylation sites is 1. The minimum atomic E-state index is -0.591. The molecule has 154 valence electrons. The standard InChI is InChI=1S/C22H23N5O3/c28-20(17-15-16-5-1-2-6-18(16)30-21(17)29)26-13-11-25(12-14-26)19-7-8-23-22(24-19)27-9-3-4-10-27/h1-2,5-8,15H,3-4,9-14H2.